The average molecular weight is 743 g/mol. The number of aromatic nitrogens is 2. The fourth-order valence-electron chi connectivity index (χ4n) is 8.28. The van der Waals surface area contributed by atoms with Crippen LogP contribution in [-0.4, -0.2) is 9.97 Å². The van der Waals surface area contributed by atoms with Gasteiger partial charge < -0.3 is 0 Å². The molecule has 0 fully saturated rings. The lowest BCUT2D eigenvalue weighted by Gasteiger charge is -2.15. The Hall–Kier alpha value is -7.20. The van der Waals surface area contributed by atoms with Crippen LogP contribution < -0.4 is 0 Å². The Balaban J connectivity index is 1.16. The first-order valence-electron chi connectivity index (χ1n) is 19.3. The molecule has 0 aliphatic carbocycles. The minimum atomic E-state index is 0.698. The molecule has 266 valence electrons. The van der Waals surface area contributed by atoms with E-state index in [0.29, 0.717) is 5.82 Å². The van der Waals surface area contributed by atoms with Crippen molar-refractivity contribution in [1.82, 2.24) is 9.97 Å². The zero-order valence-electron chi connectivity index (χ0n) is 30.9. The molecule has 9 aromatic carbocycles. The highest BCUT2D eigenvalue weighted by Gasteiger charge is 2.18. The predicted molar refractivity (Wildman–Crippen MR) is 243 cm³/mol. The van der Waals surface area contributed by atoms with Crippen LogP contribution in [-0.2, 0) is 0 Å². The second-order valence-corrected chi connectivity index (χ2v) is 15.6. The smallest absolute Gasteiger partial charge is 0.160 e. The highest BCUT2D eigenvalue weighted by Crippen LogP contribution is 2.43. The van der Waals surface area contributed by atoms with Gasteiger partial charge in [-0.25, -0.2) is 9.97 Å². The van der Waals surface area contributed by atoms with Crippen molar-refractivity contribution in [3.63, 3.8) is 0 Å². The Kier molecular flexibility index (Phi) is 8.04. The molecule has 0 bridgehead atoms. The van der Waals surface area contributed by atoms with Gasteiger partial charge in [0.1, 0.15) is 0 Å². The third-order valence-electron chi connectivity index (χ3n) is 11.1. The standard InChI is InChI=1S/C54H34N2S/c1-3-15-36(16-4-1)43-28-29-47(46-21-10-9-20-45(43)46)51-34-50(55-54(56-51)37-17-5-2-6-18-37)42-32-40(39-27-26-35-14-7-8-19-38(35)30-39)31-41(33-42)44-23-13-24-49-48-22-11-12-25-52(48)57-53(44)49/h1-34H. The Labute approximate surface area is 335 Å². The maximum Gasteiger partial charge on any atom is 0.160 e. The van der Waals surface area contributed by atoms with Crippen LogP contribution in [0.1, 0.15) is 0 Å². The monoisotopic (exact) mass is 742 g/mol. The normalized spacial score (nSPS) is 11.5. The SMILES string of the molecule is c1ccc(-c2nc(-c3cc(-c4ccc5ccccc5c4)cc(-c4cccc5c4sc4ccccc45)c3)cc(-c3ccc(-c4ccccc4)c4ccccc34)n2)cc1. The molecule has 0 aliphatic heterocycles. The molecule has 0 amide bonds. The van der Waals surface area contributed by atoms with Crippen LogP contribution in [0.2, 0.25) is 0 Å². The second kappa shape index (κ2) is 13.8. The maximum atomic E-state index is 5.35. The van der Waals surface area contributed by atoms with Gasteiger partial charge in [-0.2, -0.15) is 0 Å². The van der Waals surface area contributed by atoms with Gasteiger partial charge in [-0.05, 0) is 91.3 Å². The minimum absolute atomic E-state index is 0.698. The fraction of sp³-hybridized carbons (Fsp3) is 0. The molecule has 11 rings (SSSR count). The van der Waals surface area contributed by atoms with Crippen LogP contribution in [0.4, 0.5) is 0 Å². The Bertz CT molecular complexity index is 3290. The number of nitrogens with zero attached hydrogens (tertiary/aromatic N) is 2. The van der Waals surface area contributed by atoms with E-state index in [9.17, 15) is 0 Å². The molecule has 0 saturated heterocycles. The van der Waals surface area contributed by atoms with Gasteiger partial charge in [0.15, 0.2) is 5.82 Å². The molecule has 0 aliphatic rings. The van der Waals surface area contributed by atoms with E-state index < -0.39 is 0 Å². The van der Waals surface area contributed by atoms with Crippen LogP contribution in [0, 0.1) is 0 Å². The summed E-state index contributed by atoms with van der Waals surface area (Å²) in [5.41, 5.74) is 12.0. The van der Waals surface area contributed by atoms with Crippen LogP contribution in [0.25, 0.3) is 109 Å². The molecule has 57 heavy (non-hydrogen) atoms. The van der Waals surface area contributed by atoms with E-state index in [1.807, 2.05) is 17.4 Å². The van der Waals surface area contributed by atoms with E-state index in [1.54, 1.807) is 0 Å². The lowest BCUT2D eigenvalue weighted by molar-refractivity contribution is 1.18. The van der Waals surface area contributed by atoms with Crippen LogP contribution in [0.5, 0.6) is 0 Å². The second-order valence-electron chi connectivity index (χ2n) is 14.5. The van der Waals surface area contributed by atoms with Crippen molar-refractivity contribution in [2.24, 2.45) is 0 Å². The quantitative estimate of drug-likeness (QED) is 0.170. The largest absolute Gasteiger partial charge is 0.228 e. The number of hydrogen-bond donors (Lipinski definition) is 0. The van der Waals surface area contributed by atoms with Gasteiger partial charge >= 0.3 is 0 Å². The molecular formula is C54H34N2S. The van der Waals surface area contributed by atoms with Crippen molar-refractivity contribution in [3.8, 4) is 67.3 Å². The number of thiophene rings is 1. The van der Waals surface area contributed by atoms with Gasteiger partial charge in [-0.3, -0.25) is 0 Å². The molecular weight excluding hydrogens is 709 g/mol. The molecule has 0 saturated carbocycles. The molecule has 0 N–H and O–H groups in total. The van der Waals surface area contributed by atoms with Crippen LogP contribution >= 0.6 is 11.3 Å². The first-order valence-corrected chi connectivity index (χ1v) is 20.1. The van der Waals surface area contributed by atoms with Gasteiger partial charge in [0.2, 0.25) is 0 Å². The number of fused-ring (bicyclic) bond motifs is 5. The van der Waals surface area contributed by atoms with Crippen LogP contribution in [0.15, 0.2) is 206 Å². The lowest BCUT2D eigenvalue weighted by atomic mass is 9.92. The summed E-state index contributed by atoms with van der Waals surface area (Å²) in [7, 11) is 0. The summed E-state index contributed by atoms with van der Waals surface area (Å²) in [6.45, 7) is 0. The number of benzene rings is 9. The summed E-state index contributed by atoms with van der Waals surface area (Å²) in [5.74, 6) is 0.698. The zero-order valence-corrected chi connectivity index (χ0v) is 31.7. The maximum absolute atomic E-state index is 5.35. The van der Waals surface area contributed by atoms with E-state index in [0.717, 1.165) is 44.6 Å². The summed E-state index contributed by atoms with van der Waals surface area (Å²) in [6.07, 6.45) is 0. The van der Waals surface area contributed by atoms with Gasteiger partial charge in [-0.1, -0.05) is 170 Å². The zero-order chi connectivity index (χ0) is 37.7. The van der Waals surface area contributed by atoms with Gasteiger partial charge in [-0.15, -0.1) is 11.3 Å². The summed E-state index contributed by atoms with van der Waals surface area (Å²) >= 11 is 1.86. The molecule has 0 unspecified atom stereocenters. The van der Waals surface area contributed by atoms with Crippen molar-refractivity contribution in [2.75, 3.05) is 0 Å². The highest BCUT2D eigenvalue weighted by atomic mass is 32.1. The third-order valence-corrected chi connectivity index (χ3v) is 12.3. The van der Waals surface area contributed by atoms with Crippen molar-refractivity contribution in [3.05, 3.63) is 206 Å². The first-order chi connectivity index (χ1) is 28.2. The molecule has 2 heterocycles. The molecule has 0 atom stereocenters. The molecule has 2 aromatic heterocycles. The van der Waals surface area contributed by atoms with E-state index in [2.05, 4.69) is 200 Å². The molecule has 0 radical (unpaired) electrons. The molecule has 3 heteroatoms. The van der Waals surface area contributed by atoms with E-state index >= 15 is 0 Å². The molecule has 0 spiro atoms. The van der Waals surface area contributed by atoms with Crippen molar-refractivity contribution < 1.29 is 0 Å². The van der Waals surface area contributed by atoms with E-state index in [4.69, 9.17) is 9.97 Å². The fourth-order valence-corrected chi connectivity index (χ4v) is 9.52. The van der Waals surface area contributed by atoms with Crippen molar-refractivity contribution in [1.29, 1.82) is 0 Å². The summed E-state index contributed by atoms with van der Waals surface area (Å²) in [5, 5.41) is 7.38. The summed E-state index contributed by atoms with van der Waals surface area (Å²) < 4.78 is 2.59. The lowest BCUT2D eigenvalue weighted by Crippen LogP contribution is -1.97. The third kappa shape index (κ3) is 5.97. The van der Waals surface area contributed by atoms with E-state index in [-0.39, 0.29) is 0 Å². The van der Waals surface area contributed by atoms with Crippen molar-refractivity contribution in [2.45, 2.75) is 0 Å². The topological polar surface area (TPSA) is 25.8 Å². The molecule has 11 aromatic rings. The van der Waals surface area contributed by atoms with Gasteiger partial charge in [0.05, 0.1) is 11.4 Å². The Morgan fingerprint density at radius 2 is 0.912 bits per heavy atom. The molecule has 2 nitrogen and oxygen atoms in total. The van der Waals surface area contributed by atoms with Gasteiger partial charge in [0.25, 0.3) is 0 Å². The Morgan fingerprint density at radius 1 is 0.298 bits per heavy atom. The summed E-state index contributed by atoms with van der Waals surface area (Å²) in [6, 6.07) is 74.0. The van der Waals surface area contributed by atoms with Crippen molar-refractivity contribution >= 4 is 53.1 Å². The van der Waals surface area contributed by atoms with Gasteiger partial charge in [0, 0.05) is 36.9 Å². The summed E-state index contributed by atoms with van der Waals surface area (Å²) in [4.78, 5) is 10.7. The number of hydrogen-bond acceptors (Lipinski definition) is 3. The minimum Gasteiger partial charge on any atom is -0.228 e. The van der Waals surface area contributed by atoms with Crippen LogP contribution in [0.3, 0.4) is 0 Å². The Morgan fingerprint density at radius 3 is 1.74 bits per heavy atom. The van der Waals surface area contributed by atoms with E-state index in [1.165, 1.54) is 58.6 Å². The first kappa shape index (κ1) is 33.2. The predicted octanol–water partition coefficient (Wildman–Crippen LogP) is 15.2. The highest BCUT2D eigenvalue weighted by molar-refractivity contribution is 7.26. The average Bonchev–Trinajstić information content (AvgIpc) is 3.68. The number of rotatable bonds is 6.